The van der Waals surface area contributed by atoms with Gasteiger partial charge in [0, 0.05) is 6.04 Å². The molecule has 0 aliphatic heterocycles. The Morgan fingerprint density at radius 2 is 1.89 bits per heavy atom. The average Bonchev–Trinajstić information content (AvgIpc) is 2.77. The van der Waals surface area contributed by atoms with E-state index in [1.807, 2.05) is 0 Å². The fourth-order valence-corrected chi connectivity index (χ4v) is 4.08. The fraction of sp³-hybridized carbons (Fsp3) is 0.667. The molecule has 0 bridgehead atoms. The van der Waals surface area contributed by atoms with Gasteiger partial charge in [0.1, 0.15) is 0 Å². The highest BCUT2D eigenvalue weighted by Gasteiger charge is 2.32. The normalized spacial score (nSPS) is 29.2. The highest BCUT2D eigenvalue weighted by Crippen LogP contribution is 2.44. The molecule has 19 heavy (non-hydrogen) atoms. The van der Waals surface area contributed by atoms with Crippen molar-refractivity contribution in [1.82, 2.24) is 5.32 Å². The second-order valence-electron chi connectivity index (χ2n) is 6.70. The van der Waals surface area contributed by atoms with Gasteiger partial charge in [-0.1, -0.05) is 44.0 Å². The first-order valence-electron chi connectivity index (χ1n) is 8.05. The van der Waals surface area contributed by atoms with Crippen molar-refractivity contribution in [3.63, 3.8) is 0 Å². The van der Waals surface area contributed by atoms with Crippen molar-refractivity contribution < 1.29 is 0 Å². The molecule has 3 unspecified atom stereocenters. The number of rotatable bonds is 4. The molecule has 3 rings (SSSR count). The molecule has 2 aliphatic rings. The van der Waals surface area contributed by atoms with Gasteiger partial charge in [0.25, 0.3) is 0 Å². The van der Waals surface area contributed by atoms with Crippen molar-refractivity contribution in [3.05, 3.63) is 35.4 Å². The topological polar surface area (TPSA) is 12.0 Å². The van der Waals surface area contributed by atoms with E-state index < -0.39 is 0 Å². The summed E-state index contributed by atoms with van der Waals surface area (Å²) in [5.41, 5.74) is 3.22. The number of nitrogens with one attached hydrogen (secondary N) is 1. The van der Waals surface area contributed by atoms with Crippen molar-refractivity contribution in [2.75, 3.05) is 7.05 Å². The maximum absolute atomic E-state index is 3.62. The Balaban J connectivity index is 1.86. The Kier molecular flexibility index (Phi) is 3.93. The molecule has 1 aromatic carbocycles. The summed E-state index contributed by atoms with van der Waals surface area (Å²) < 4.78 is 0. The fourth-order valence-electron chi connectivity index (χ4n) is 4.08. The monoisotopic (exact) mass is 257 g/mol. The van der Waals surface area contributed by atoms with Crippen LogP contribution < -0.4 is 5.32 Å². The number of hydrogen-bond donors (Lipinski definition) is 1. The summed E-state index contributed by atoms with van der Waals surface area (Å²) in [6, 6.07) is 9.77. The van der Waals surface area contributed by atoms with Gasteiger partial charge in [0.05, 0.1) is 0 Å². The Labute approximate surface area is 117 Å². The van der Waals surface area contributed by atoms with Crippen LogP contribution in [-0.2, 0) is 0 Å². The van der Waals surface area contributed by atoms with Crippen molar-refractivity contribution >= 4 is 0 Å². The molecule has 0 amide bonds. The molecule has 2 saturated carbocycles. The number of hydrogen-bond acceptors (Lipinski definition) is 1. The molecule has 0 aromatic heterocycles. The molecule has 0 saturated heterocycles. The maximum Gasteiger partial charge on any atom is 0.0349 e. The van der Waals surface area contributed by atoms with Crippen LogP contribution in [0.15, 0.2) is 24.3 Å². The first-order chi connectivity index (χ1) is 9.29. The van der Waals surface area contributed by atoms with E-state index in [1.54, 1.807) is 11.1 Å². The van der Waals surface area contributed by atoms with Crippen LogP contribution in [0, 0.1) is 11.8 Å². The Morgan fingerprint density at radius 1 is 1.11 bits per heavy atom. The Hall–Kier alpha value is -0.820. The quantitative estimate of drug-likeness (QED) is 0.828. The minimum absolute atomic E-state index is 0.571. The standard InChI is InChI=1S/C18H27N/c1-13-10-11-15(12-13)18(19-2)17-9-4-3-8-16(17)14-6-5-7-14/h3-4,8-9,13-15,18-19H,5-7,10-12H2,1-2H3. The lowest BCUT2D eigenvalue weighted by molar-refractivity contribution is 0.364. The van der Waals surface area contributed by atoms with Gasteiger partial charge in [-0.3, -0.25) is 0 Å². The molecule has 1 heteroatoms. The van der Waals surface area contributed by atoms with E-state index in [1.165, 1.54) is 38.5 Å². The molecule has 2 fully saturated rings. The summed E-state index contributed by atoms with van der Waals surface area (Å²) in [4.78, 5) is 0. The molecule has 0 spiro atoms. The van der Waals surface area contributed by atoms with Crippen LogP contribution in [-0.4, -0.2) is 7.05 Å². The van der Waals surface area contributed by atoms with E-state index in [4.69, 9.17) is 0 Å². The molecular formula is C18H27N. The van der Waals surface area contributed by atoms with Crippen LogP contribution in [0.25, 0.3) is 0 Å². The molecule has 104 valence electrons. The molecule has 2 aliphatic carbocycles. The van der Waals surface area contributed by atoms with Crippen LogP contribution in [0.2, 0.25) is 0 Å². The second kappa shape index (κ2) is 5.66. The predicted molar refractivity (Wildman–Crippen MR) is 81.3 cm³/mol. The van der Waals surface area contributed by atoms with Crippen molar-refractivity contribution in [3.8, 4) is 0 Å². The van der Waals surface area contributed by atoms with Crippen LogP contribution in [0.3, 0.4) is 0 Å². The van der Waals surface area contributed by atoms with E-state index in [9.17, 15) is 0 Å². The van der Waals surface area contributed by atoms with E-state index in [2.05, 4.69) is 43.6 Å². The lowest BCUT2D eigenvalue weighted by Gasteiger charge is -2.32. The molecule has 1 aromatic rings. The lowest BCUT2D eigenvalue weighted by Crippen LogP contribution is -2.26. The van der Waals surface area contributed by atoms with Gasteiger partial charge in [-0.25, -0.2) is 0 Å². The smallest absolute Gasteiger partial charge is 0.0349 e. The summed E-state index contributed by atoms with van der Waals surface area (Å²) in [6.45, 7) is 2.41. The lowest BCUT2D eigenvalue weighted by atomic mass is 9.75. The van der Waals surface area contributed by atoms with Crippen molar-refractivity contribution in [2.24, 2.45) is 11.8 Å². The molecular weight excluding hydrogens is 230 g/mol. The van der Waals surface area contributed by atoms with E-state index in [0.717, 1.165) is 17.8 Å². The zero-order valence-electron chi connectivity index (χ0n) is 12.4. The minimum atomic E-state index is 0.571. The van der Waals surface area contributed by atoms with Gasteiger partial charge < -0.3 is 5.32 Å². The van der Waals surface area contributed by atoms with Gasteiger partial charge in [-0.05, 0) is 61.6 Å². The first kappa shape index (κ1) is 13.2. The van der Waals surface area contributed by atoms with Crippen molar-refractivity contribution in [1.29, 1.82) is 0 Å². The summed E-state index contributed by atoms with van der Waals surface area (Å²) in [6.07, 6.45) is 8.41. The Bertz CT molecular complexity index is 421. The zero-order chi connectivity index (χ0) is 13.2. The zero-order valence-corrected chi connectivity index (χ0v) is 12.4. The minimum Gasteiger partial charge on any atom is -0.313 e. The van der Waals surface area contributed by atoms with Gasteiger partial charge >= 0.3 is 0 Å². The van der Waals surface area contributed by atoms with Gasteiger partial charge in [0.15, 0.2) is 0 Å². The van der Waals surface area contributed by atoms with E-state index >= 15 is 0 Å². The highest BCUT2D eigenvalue weighted by atomic mass is 14.9. The summed E-state index contributed by atoms with van der Waals surface area (Å²) in [5.74, 6) is 2.59. The van der Waals surface area contributed by atoms with Crippen LogP contribution >= 0.6 is 0 Å². The predicted octanol–water partition coefficient (Wildman–Crippen LogP) is 4.65. The second-order valence-corrected chi connectivity index (χ2v) is 6.70. The molecule has 0 heterocycles. The largest absolute Gasteiger partial charge is 0.313 e. The highest BCUT2D eigenvalue weighted by molar-refractivity contribution is 5.34. The molecule has 1 N–H and O–H groups in total. The van der Waals surface area contributed by atoms with Gasteiger partial charge in [0.2, 0.25) is 0 Å². The SMILES string of the molecule is CNC(c1ccccc1C1CCC1)C1CCC(C)C1. The third-order valence-corrected chi connectivity index (χ3v) is 5.39. The molecule has 1 nitrogen and oxygen atoms in total. The number of benzene rings is 1. The van der Waals surface area contributed by atoms with Crippen LogP contribution in [0.5, 0.6) is 0 Å². The molecule has 0 radical (unpaired) electrons. The molecule has 3 atom stereocenters. The van der Waals surface area contributed by atoms with Crippen molar-refractivity contribution in [2.45, 2.75) is 57.4 Å². The maximum atomic E-state index is 3.62. The Morgan fingerprint density at radius 3 is 2.47 bits per heavy atom. The van der Waals surface area contributed by atoms with E-state index in [0.29, 0.717) is 6.04 Å². The third-order valence-electron chi connectivity index (χ3n) is 5.39. The van der Waals surface area contributed by atoms with Crippen LogP contribution in [0.4, 0.5) is 0 Å². The van der Waals surface area contributed by atoms with Gasteiger partial charge in [-0.2, -0.15) is 0 Å². The summed E-state index contributed by atoms with van der Waals surface area (Å²) >= 11 is 0. The summed E-state index contributed by atoms with van der Waals surface area (Å²) in [5, 5.41) is 3.62. The van der Waals surface area contributed by atoms with E-state index in [-0.39, 0.29) is 0 Å². The van der Waals surface area contributed by atoms with Crippen LogP contribution in [0.1, 0.15) is 68.5 Å². The third kappa shape index (κ3) is 2.58. The first-order valence-corrected chi connectivity index (χ1v) is 8.05. The summed E-state index contributed by atoms with van der Waals surface area (Å²) in [7, 11) is 2.14. The van der Waals surface area contributed by atoms with Gasteiger partial charge in [-0.15, -0.1) is 0 Å². The average molecular weight is 257 g/mol.